The lowest BCUT2D eigenvalue weighted by Gasteiger charge is -2.09. The van der Waals surface area contributed by atoms with E-state index in [2.05, 4.69) is 10.3 Å². The van der Waals surface area contributed by atoms with Crippen LogP contribution in [0.5, 0.6) is 0 Å². The number of pyridine rings is 1. The zero-order valence-electron chi connectivity index (χ0n) is 9.80. The van der Waals surface area contributed by atoms with Gasteiger partial charge in [0.2, 0.25) is 0 Å². The molecule has 1 aromatic heterocycles. The van der Waals surface area contributed by atoms with E-state index in [0.717, 1.165) is 28.0 Å². The maximum Gasteiger partial charge on any atom is 0.138 e. The van der Waals surface area contributed by atoms with Crippen molar-refractivity contribution >= 4 is 28.0 Å². The smallest absolute Gasteiger partial charge is 0.138 e. The number of rotatable bonds is 2. The highest BCUT2D eigenvalue weighted by molar-refractivity contribution is 5.95. The third kappa shape index (κ3) is 1.98. The Balaban J connectivity index is 2.09. The fourth-order valence-corrected chi connectivity index (χ4v) is 1.94. The first-order chi connectivity index (χ1) is 8.83. The molecule has 0 aliphatic rings. The molecule has 2 aromatic carbocycles. The van der Waals surface area contributed by atoms with Crippen molar-refractivity contribution < 1.29 is 0 Å². The summed E-state index contributed by atoms with van der Waals surface area (Å²) in [5.74, 6) is 0.825. The molecule has 3 aromatic rings. The topological polar surface area (TPSA) is 50.9 Å². The van der Waals surface area contributed by atoms with Crippen LogP contribution in [0.3, 0.4) is 0 Å². The van der Waals surface area contributed by atoms with E-state index in [1.807, 2.05) is 54.6 Å². The first-order valence-electron chi connectivity index (χ1n) is 5.79. The van der Waals surface area contributed by atoms with E-state index in [0.29, 0.717) is 0 Å². The van der Waals surface area contributed by atoms with E-state index < -0.39 is 0 Å². The van der Waals surface area contributed by atoms with Crippen molar-refractivity contribution in [1.29, 1.82) is 0 Å². The minimum Gasteiger partial charge on any atom is -0.399 e. The van der Waals surface area contributed by atoms with Gasteiger partial charge in [-0.1, -0.05) is 24.3 Å². The number of benzene rings is 2. The summed E-state index contributed by atoms with van der Waals surface area (Å²) in [5.41, 5.74) is 7.59. The van der Waals surface area contributed by atoms with Gasteiger partial charge in [-0.25, -0.2) is 4.98 Å². The number of nitrogens with zero attached hydrogens (tertiary/aromatic N) is 1. The summed E-state index contributed by atoms with van der Waals surface area (Å²) in [7, 11) is 0. The number of aromatic nitrogens is 1. The second kappa shape index (κ2) is 4.37. The molecule has 18 heavy (non-hydrogen) atoms. The van der Waals surface area contributed by atoms with Crippen LogP contribution in [0, 0.1) is 0 Å². The Hall–Kier alpha value is -2.55. The summed E-state index contributed by atoms with van der Waals surface area (Å²) < 4.78 is 0. The molecule has 3 N–H and O–H groups in total. The second-order valence-electron chi connectivity index (χ2n) is 4.13. The normalized spacial score (nSPS) is 10.4. The molecule has 3 heteroatoms. The average molecular weight is 235 g/mol. The van der Waals surface area contributed by atoms with E-state index in [1.54, 1.807) is 6.20 Å². The Morgan fingerprint density at radius 3 is 2.61 bits per heavy atom. The lowest BCUT2D eigenvalue weighted by atomic mass is 10.1. The average Bonchev–Trinajstić information content (AvgIpc) is 2.41. The Morgan fingerprint density at radius 2 is 1.78 bits per heavy atom. The van der Waals surface area contributed by atoms with Crippen LogP contribution in [-0.2, 0) is 0 Å². The van der Waals surface area contributed by atoms with E-state index in [1.165, 1.54) is 0 Å². The number of para-hydroxylation sites is 1. The molecule has 0 spiro atoms. The summed E-state index contributed by atoms with van der Waals surface area (Å²) in [4.78, 5) is 4.38. The molecule has 0 aliphatic carbocycles. The van der Waals surface area contributed by atoms with Crippen molar-refractivity contribution in [1.82, 2.24) is 4.98 Å². The molecule has 0 atom stereocenters. The quantitative estimate of drug-likeness (QED) is 0.668. The summed E-state index contributed by atoms with van der Waals surface area (Å²) in [6.07, 6.45) is 1.80. The Morgan fingerprint density at radius 1 is 0.944 bits per heavy atom. The van der Waals surface area contributed by atoms with Crippen molar-refractivity contribution in [3.63, 3.8) is 0 Å². The number of hydrogen-bond donors (Lipinski definition) is 2. The molecule has 0 radical (unpaired) electrons. The lowest BCUT2D eigenvalue weighted by Crippen LogP contribution is -1.95. The van der Waals surface area contributed by atoms with E-state index in [9.17, 15) is 0 Å². The second-order valence-corrected chi connectivity index (χ2v) is 4.13. The molecule has 0 unspecified atom stereocenters. The third-order valence-electron chi connectivity index (χ3n) is 2.83. The number of hydrogen-bond acceptors (Lipinski definition) is 3. The molecule has 0 saturated heterocycles. The van der Waals surface area contributed by atoms with Crippen LogP contribution in [0.15, 0.2) is 60.8 Å². The molecule has 0 bridgehead atoms. The van der Waals surface area contributed by atoms with Crippen molar-refractivity contribution in [2.45, 2.75) is 0 Å². The van der Waals surface area contributed by atoms with Crippen molar-refractivity contribution in [2.75, 3.05) is 11.1 Å². The molecular formula is C15H13N3. The number of fused-ring (bicyclic) bond motifs is 1. The molecule has 0 amide bonds. The summed E-state index contributed by atoms with van der Waals surface area (Å²) >= 11 is 0. The highest BCUT2D eigenvalue weighted by Crippen LogP contribution is 2.25. The van der Waals surface area contributed by atoms with Gasteiger partial charge in [0.15, 0.2) is 0 Å². The van der Waals surface area contributed by atoms with Crippen molar-refractivity contribution in [3.05, 3.63) is 60.8 Å². The van der Waals surface area contributed by atoms with E-state index >= 15 is 0 Å². The van der Waals surface area contributed by atoms with Crippen molar-refractivity contribution in [3.8, 4) is 0 Å². The van der Waals surface area contributed by atoms with Gasteiger partial charge in [0.05, 0.1) is 0 Å². The maximum absolute atomic E-state index is 5.83. The van der Waals surface area contributed by atoms with Crippen molar-refractivity contribution in [2.24, 2.45) is 0 Å². The molecule has 0 aliphatic heterocycles. The zero-order chi connectivity index (χ0) is 12.4. The van der Waals surface area contributed by atoms with Gasteiger partial charge in [-0.2, -0.15) is 0 Å². The highest BCUT2D eigenvalue weighted by Gasteiger charge is 2.02. The minimum absolute atomic E-state index is 0.742. The first-order valence-corrected chi connectivity index (χ1v) is 5.79. The predicted molar refractivity (Wildman–Crippen MR) is 75.9 cm³/mol. The number of nitrogens with one attached hydrogen (secondary N) is 1. The van der Waals surface area contributed by atoms with Gasteiger partial charge >= 0.3 is 0 Å². The predicted octanol–water partition coefficient (Wildman–Crippen LogP) is 3.56. The van der Waals surface area contributed by atoms with Crippen LogP contribution in [-0.4, -0.2) is 4.98 Å². The van der Waals surface area contributed by atoms with Gasteiger partial charge < -0.3 is 11.1 Å². The largest absolute Gasteiger partial charge is 0.399 e. The minimum atomic E-state index is 0.742. The van der Waals surface area contributed by atoms with Gasteiger partial charge in [-0.05, 0) is 35.7 Å². The van der Waals surface area contributed by atoms with E-state index in [4.69, 9.17) is 5.73 Å². The van der Waals surface area contributed by atoms with E-state index in [-0.39, 0.29) is 0 Å². The van der Waals surface area contributed by atoms with Gasteiger partial charge in [0.25, 0.3) is 0 Å². The molecule has 1 heterocycles. The lowest BCUT2D eigenvalue weighted by molar-refractivity contribution is 1.34. The Kier molecular flexibility index (Phi) is 2.57. The first kappa shape index (κ1) is 10.6. The van der Waals surface area contributed by atoms with Gasteiger partial charge in [-0.15, -0.1) is 0 Å². The summed E-state index contributed by atoms with van der Waals surface area (Å²) in [5, 5.41) is 5.46. The van der Waals surface area contributed by atoms with Crippen LogP contribution in [0.2, 0.25) is 0 Å². The molecular weight excluding hydrogens is 222 g/mol. The van der Waals surface area contributed by atoms with Crippen LogP contribution in [0.25, 0.3) is 10.8 Å². The van der Waals surface area contributed by atoms with Crippen LogP contribution < -0.4 is 11.1 Å². The summed E-state index contributed by atoms with van der Waals surface area (Å²) in [6, 6.07) is 17.8. The zero-order valence-corrected chi connectivity index (χ0v) is 9.80. The molecule has 0 fully saturated rings. The number of anilines is 3. The molecule has 0 saturated carbocycles. The Labute approximate surface area is 105 Å². The van der Waals surface area contributed by atoms with Gasteiger partial charge in [0.1, 0.15) is 5.82 Å². The fourth-order valence-electron chi connectivity index (χ4n) is 1.94. The van der Waals surface area contributed by atoms with Crippen LogP contribution in [0.1, 0.15) is 0 Å². The number of nitrogen functional groups attached to an aromatic ring is 1. The van der Waals surface area contributed by atoms with Gasteiger partial charge in [0, 0.05) is 23.0 Å². The standard InChI is InChI=1S/C15H13N3/c16-12-7-6-11-8-9-17-15(14(11)10-12)18-13-4-2-1-3-5-13/h1-10H,16H2,(H,17,18). The Bertz CT molecular complexity index is 678. The molecule has 88 valence electrons. The molecule has 3 nitrogen and oxygen atoms in total. The van der Waals surface area contributed by atoms with Crippen LogP contribution >= 0.6 is 0 Å². The fraction of sp³-hybridized carbons (Fsp3) is 0. The maximum atomic E-state index is 5.83. The van der Waals surface area contributed by atoms with Gasteiger partial charge in [-0.3, -0.25) is 0 Å². The third-order valence-corrected chi connectivity index (χ3v) is 2.83. The highest BCUT2D eigenvalue weighted by atomic mass is 15.0. The number of nitrogens with two attached hydrogens (primary N) is 1. The molecule has 3 rings (SSSR count). The van der Waals surface area contributed by atoms with Crippen LogP contribution in [0.4, 0.5) is 17.2 Å². The SMILES string of the molecule is Nc1ccc2ccnc(Nc3ccccc3)c2c1. The monoisotopic (exact) mass is 235 g/mol. The summed E-state index contributed by atoms with van der Waals surface area (Å²) in [6.45, 7) is 0.